The van der Waals surface area contributed by atoms with E-state index in [0.29, 0.717) is 13.2 Å². The fraction of sp³-hybridized carbons (Fsp3) is 0.389. The molecule has 0 saturated carbocycles. The van der Waals surface area contributed by atoms with Crippen molar-refractivity contribution in [3.8, 4) is 0 Å². The molecule has 1 fully saturated rings. The van der Waals surface area contributed by atoms with Crippen molar-refractivity contribution in [1.82, 2.24) is 9.88 Å². The second-order valence-electron chi connectivity index (χ2n) is 6.30. The molecule has 1 aromatic heterocycles. The Kier molecular flexibility index (Phi) is 3.69. The van der Waals surface area contributed by atoms with Gasteiger partial charge >= 0.3 is 0 Å². The van der Waals surface area contributed by atoms with Gasteiger partial charge in [-0.2, -0.15) is 0 Å². The Morgan fingerprint density at radius 1 is 1.25 bits per heavy atom. The number of morpholine rings is 1. The topological polar surface area (TPSA) is 85.5 Å². The van der Waals surface area contributed by atoms with Crippen LogP contribution in [0.2, 0.25) is 0 Å². The van der Waals surface area contributed by atoms with Gasteiger partial charge in [0.25, 0.3) is 5.91 Å². The number of amides is 2. The molecule has 1 aliphatic heterocycles. The quantitative estimate of drug-likeness (QED) is 0.894. The lowest BCUT2D eigenvalue weighted by atomic mass is 9.99. The zero-order chi connectivity index (χ0) is 16.7. The van der Waals surface area contributed by atoms with Crippen LogP contribution in [-0.4, -0.2) is 47.5 Å². The van der Waals surface area contributed by atoms with Crippen molar-refractivity contribution < 1.29 is 14.3 Å². The summed E-state index contributed by atoms with van der Waals surface area (Å²) in [7, 11) is 0. The Hall–Kier alpha value is -2.47. The van der Waals surface area contributed by atoms with Crippen molar-refractivity contribution in [1.29, 1.82) is 0 Å². The summed E-state index contributed by atoms with van der Waals surface area (Å²) in [4.78, 5) is 31.0. The molecule has 1 aromatic carbocycles. The van der Waals surface area contributed by atoms with Gasteiger partial charge in [0.15, 0.2) is 6.10 Å². The van der Waals surface area contributed by atoms with Crippen molar-refractivity contribution in [2.24, 2.45) is 5.73 Å². The lowest BCUT2D eigenvalue weighted by molar-refractivity contribution is -0.133. The second-order valence-corrected chi connectivity index (χ2v) is 6.30. The third-order valence-electron chi connectivity index (χ3n) is 4.80. The number of carbonyl (C=O) groups excluding carboxylic acids is 2. The molecule has 6 heteroatoms. The minimum absolute atomic E-state index is 0.0544. The first-order valence-corrected chi connectivity index (χ1v) is 8.26. The predicted molar refractivity (Wildman–Crippen MR) is 88.6 cm³/mol. The highest BCUT2D eigenvalue weighted by molar-refractivity contribution is 6.08. The van der Waals surface area contributed by atoms with Crippen LogP contribution in [0.4, 0.5) is 0 Å². The van der Waals surface area contributed by atoms with E-state index in [1.54, 1.807) is 4.90 Å². The van der Waals surface area contributed by atoms with Crippen molar-refractivity contribution in [2.75, 3.05) is 19.7 Å². The number of aryl methyl sites for hydroxylation is 1. The van der Waals surface area contributed by atoms with Crippen LogP contribution in [0, 0.1) is 0 Å². The minimum Gasteiger partial charge on any atom is -0.367 e. The van der Waals surface area contributed by atoms with Gasteiger partial charge in [-0.1, -0.05) is 18.2 Å². The van der Waals surface area contributed by atoms with Crippen molar-refractivity contribution in [2.45, 2.75) is 25.4 Å². The number of primary amides is 1. The predicted octanol–water partition coefficient (Wildman–Crippen LogP) is 1.05. The highest BCUT2D eigenvalue weighted by Gasteiger charge is 2.31. The summed E-state index contributed by atoms with van der Waals surface area (Å²) in [5.74, 6) is -0.585. The molecule has 0 radical (unpaired) electrons. The number of nitrogens with two attached hydrogens (primary N) is 1. The van der Waals surface area contributed by atoms with Crippen LogP contribution >= 0.6 is 0 Å². The molecule has 4 rings (SSSR count). The van der Waals surface area contributed by atoms with E-state index in [1.165, 1.54) is 0 Å². The SMILES string of the molecule is NC(=O)[C@@H]1CN(C(=O)c2c3c(nc4ccccc24)CCC3)CCO1. The highest BCUT2D eigenvalue weighted by atomic mass is 16.5. The fourth-order valence-electron chi connectivity index (χ4n) is 3.62. The van der Waals surface area contributed by atoms with E-state index in [2.05, 4.69) is 0 Å². The summed E-state index contributed by atoms with van der Waals surface area (Å²) >= 11 is 0. The number of carbonyl (C=O) groups is 2. The van der Waals surface area contributed by atoms with Gasteiger partial charge in [0.1, 0.15) is 0 Å². The number of ether oxygens (including phenoxy) is 1. The first-order chi connectivity index (χ1) is 11.6. The van der Waals surface area contributed by atoms with Crippen LogP contribution in [0.1, 0.15) is 28.0 Å². The Bertz CT molecular complexity index is 834. The van der Waals surface area contributed by atoms with Crippen LogP contribution in [0.15, 0.2) is 24.3 Å². The smallest absolute Gasteiger partial charge is 0.255 e. The van der Waals surface area contributed by atoms with Crippen molar-refractivity contribution in [3.63, 3.8) is 0 Å². The highest BCUT2D eigenvalue weighted by Crippen LogP contribution is 2.31. The lowest BCUT2D eigenvalue weighted by Crippen LogP contribution is -2.50. The molecule has 0 bridgehead atoms. The fourth-order valence-corrected chi connectivity index (χ4v) is 3.62. The van der Waals surface area contributed by atoms with E-state index in [0.717, 1.165) is 47.0 Å². The second kappa shape index (κ2) is 5.87. The van der Waals surface area contributed by atoms with E-state index in [9.17, 15) is 9.59 Å². The average molecular weight is 325 g/mol. The molecule has 2 aromatic rings. The van der Waals surface area contributed by atoms with E-state index in [1.807, 2.05) is 24.3 Å². The van der Waals surface area contributed by atoms with Gasteiger partial charge in [-0.15, -0.1) is 0 Å². The van der Waals surface area contributed by atoms with Gasteiger partial charge in [0, 0.05) is 17.6 Å². The number of aromatic nitrogens is 1. The van der Waals surface area contributed by atoms with Gasteiger partial charge < -0.3 is 15.4 Å². The van der Waals surface area contributed by atoms with E-state index in [-0.39, 0.29) is 12.5 Å². The van der Waals surface area contributed by atoms with Crippen molar-refractivity contribution >= 4 is 22.7 Å². The van der Waals surface area contributed by atoms with Gasteiger partial charge in [-0.05, 0) is 30.9 Å². The van der Waals surface area contributed by atoms with E-state index >= 15 is 0 Å². The van der Waals surface area contributed by atoms with E-state index < -0.39 is 12.0 Å². The Labute approximate surface area is 139 Å². The molecular formula is C18H19N3O3. The summed E-state index contributed by atoms with van der Waals surface area (Å²) in [5.41, 5.74) is 9.00. The number of para-hydroxylation sites is 1. The van der Waals surface area contributed by atoms with Gasteiger partial charge in [-0.25, -0.2) is 0 Å². The molecular weight excluding hydrogens is 306 g/mol. The first-order valence-electron chi connectivity index (χ1n) is 8.26. The number of nitrogens with zero attached hydrogens (tertiary/aromatic N) is 2. The summed E-state index contributed by atoms with van der Waals surface area (Å²) < 4.78 is 5.36. The normalized spacial score (nSPS) is 20.2. The molecule has 6 nitrogen and oxygen atoms in total. The summed E-state index contributed by atoms with van der Waals surface area (Å²) in [6.45, 7) is 0.998. The number of rotatable bonds is 2. The summed E-state index contributed by atoms with van der Waals surface area (Å²) in [6, 6.07) is 7.74. The molecule has 2 heterocycles. The molecule has 0 unspecified atom stereocenters. The zero-order valence-electron chi connectivity index (χ0n) is 13.3. The van der Waals surface area contributed by atoms with Gasteiger partial charge in [-0.3, -0.25) is 14.6 Å². The van der Waals surface area contributed by atoms with Crippen LogP contribution in [-0.2, 0) is 22.4 Å². The number of fused-ring (bicyclic) bond motifs is 2. The number of hydrogen-bond donors (Lipinski definition) is 1. The third kappa shape index (κ3) is 2.43. The maximum atomic E-state index is 13.2. The first kappa shape index (κ1) is 15.1. The standard InChI is InChI=1S/C18H19N3O3/c19-17(22)15-10-21(8-9-24-15)18(23)16-11-4-1-2-6-13(11)20-14-7-3-5-12(14)16/h1-2,4,6,15H,3,5,7-10H2,(H2,19,22)/t15-/m0/s1. The maximum absolute atomic E-state index is 13.2. The van der Waals surface area contributed by atoms with Crippen LogP contribution in [0.5, 0.6) is 0 Å². The van der Waals surface area contributed by atoms with Crippen LogP contribution < -0.4 is 5.73 Å². The molecule has 124 valence electrons. The molecule has 0 spiro atoms. The molecule has 2 N–H and O–H groups in total. The Morgan fingerprint density at radius 3 is 2.92 bits per heavy atom. The van der Waals surface area contributed by atoms with Crippen LogP contribution in [0.25, 0.3) is 10.9 Å². The largest absolute Gasteiger partial charge is 0.367 e. The Balaban J connectivity index is 1.78. The van der Waals surface area contributed by atoms with E-state index in [4.69, 9.17) is 15.5 Å². The average Bonchev–Trinajstić information content (AvgIpc) is 3.07. The number of benzene rings is 1. The van der Waals surface area contributed by atoms with Gasteiger partial charge in [0.2, 0.25) is 5.91 Å². The minimum atomic E-state index is -0.733. The molecule has 1 aliphatic carbocycles. The molecule has 1 saturated heterocycles. The number of pyridine rings is 1. The lowest BCUT2D eigenvalue weighted by Gasteiger charge is -2.32. The molecule has 24 heavy (non-hydrogen) atoms. The van der Waals surface area contributed by atoms with Gasteiger partial charge in [0.05, 0.1) is 24.2 Å². The zero-order valence-corrected chi connectivity index (χ0v) is 13.3. The molecule has 2 amide bonds. The Morgan fingerprint density at radius 2 is 2.08 bits per heavy atom. The third-order valence-corrected chi connectivity index (χ3v) is 4.80. The maximum Gasteiger partial charge on any atom is 0.255 e. The molecule has 2 aliphatic rings. The monoisotopic (exact) mass is 325 g/mol. The summed E-state index contributed by atoms with van der Waals surface area (Å²) in [6.07, 6.45) is 2.07. The van der Waals surface area contributed by atoms with Crippen LogP contribution in [0.3, 0.4) is 0 Å². The molecule has 1 atom stereocenters. The summed E-state index contributed by atoms with van der Waals surface area (Å²) in [5, 5.41) is 0.880. The number of hydrogen-bond acceptors (Lipinski definition) is 4. The van der Waals surface area contributed by atoms with Crippen molar-refractivity contribution in [3.05, 3.63) is 41.1 Å².